The van der Waals surface area contributed by atoms with Gasteiger partial charge in [0, 0.05) is 30.0 Å². The molecule has 0 saturated heterocycles. The lowest BCUT2D eigenvalue weighted by molar-refractivity contribution is 0.568. The third kappa shape index (κ3) is 6.47. The lowest BCUT2D eigenvalue weighted by atomic mass is 9.97. The Hall–Kier alpha value is -3.01. The summed E-state index contributed by atoms with van der Waals surface area (Å²) in [6.07, 6.45) is 6.18. The molecule has 0 N–H and O–H groups in total. The molecule has 0 spiro atoms. The topological polar surface area (TPSA) is 55.2 Å². The van der Waals surface area contributed by atoms with E-state index in [1.165, 1.54) is 42.5 Å². The molecule has 0 bridgehead atoms. The minimum Gasteiger partial charge on any atom is -0.337 e. The Morgan fingerprint density at radius 1 is 1.00 bits per heavy atom. The zero-order valence-corrected chi connectivity index (χ0v) is 22.1. The molecular formula is C26H24Cl2F3N3O2S. The number of sulfonamides is 1. The van der Waals surface area contributed by atoms with Crippen molar-refractivity contribution in [3.8, 4) is 0 Å². The second-order valence-electron chi connectivity index (χ2n) is 8.27. The fraction of sp³-hybridized carbons (Fsp3) is 0.192. The van der Waals surface area contributed by atoms with E-state index in [1.54, 1.807) is 19.4 Å². The van der Waals surface area contributed by atoms with Crippen molar-refractivity contribution in [2.45, 2.75) is 37.2 Å². The van der Waals surface area contributed by atoms with Crippen LogP contribution in [0.2, 0.25) is 5.02 Å². The second kappa shape index (κ2) is 12.0. The highest BCUT2D eigenvalue weighted by Gasteiger charge is 2.33. The molecule has 0 amide bonds. The molecule has 1 heterocycles. The van der Waals surface area contributed by atoms with Gasteiger partial charge < -0.3 is 4.57 Å². The number of hydrogen-bond donors (Lipinski definition) is 0. The summed E-state index contributed by atoms with van der Waals surface area (Å²) in [5.41, 5.74) is 0.588. The zero-order chi connectivity index (χ0) is 25.9. The summed E-state index contributed by atoms with van der Waals surface area (Å²) in [6.45, 7) is 2.18. The molecule has 4 aromatic rings. The maximum Gasteiger partial charge on any atom is 0.264 e. The van der Waals surface area contributed by atoms with Gasteiger partial charge in [-0.05, 0) is 79.4 Å². The number of hydrogen-bond acceptors (Lipinski definition) is 3. The molecule has 5 nitrogen and oxygen atoms in total. The van der Waals surface area contributed by atoms with E-state index >= 15 is 0 Å². The number of aromatic nitrogens is 2. The van der Waals surface area contributed by atoms with Crippen molar-refractivity contribution in [1.29, 1.82) is 0 Å². The van der Waals surface area contributed by atoms with Crippen LogP contribution in [0.4, 0.5) is 18.9 Å². The van der Waals surface area contributed by atoms with Crippen LogP contribution >= 0.6 is 24.0 Å². The first kappa shape index (κ1) is 28.6. The Kier molecular flexibility index (Phi) is 9.28. The fourth-order valence-corrected chi connectivity index (χ4v) is 5.88. The molecule has 0 saturated carbocycles. The van der Waals surface area contributed by atoms with Crippen LogP contribution in [0, 0.1) is 17.5 Å². The molecular weight excluding hydrogens is 546 g/mol. The number of aryl methyl sites for hydroxylation is 2. The van der Waals surface area contributed by atoms with Crippen molar-refractivity contribution < 1.29 is 21.6 Å². The maximum atomic E-state index is 15.0. The Balaban J connectivity index is 0.00000380. The average Bonchev–Trinajstić information content (AvgIpc) is 3.35. The summed E-state index contributed by atoms with van der Waals surface area (Å²) >= 11 is 5.92. The highest BCUT2D eigenvalue weighted by molar-refractivity contribution is 7.92. The summed E-state index contributed by atoms with van der Waals surface area (Å²) in [5.74, 6) is -2.19. The van der Waals surface area contributed by atoms with Crippen LogP contribution in [0.5, 0.6) is 0 Å². The highest BCUT2D eigenvalue weighted by atomic mass is 35.5. The van der Waals surface area contributed by atoms with Crippen molar-refractivity contribution in [1.82, 2.24) is 9.55 Å². The number of imidazole rings is 1. The first-order valence-corrected chi connectivity index (χ1v) is 13.0. The van der Waals surface area contributed by atoms with E-state index in [0.717, 1.165) is 22.5 Å². The van der Waals surface area contributed by atoms with Gasteiger partial charge in [-0.3, -0.25) is 4.31 Å². The van der Waals surface area contributed by atoms with Crippen LogP contribution in [0.3, 0.4) is 0 Å². The SMILES string of the molecule is C[C@H](c1ccc(F)cc1CCCn1ccnc1)N(c1cc(F)ccc1F)S(=O)(=O)c1ccc(Cl)cc1.Cl. The van der Waals surface area contributed by atoms with Crippen molar-refractivity contribution in [3.63, 3.8) is 0 Å². The molecule has 0 aliphatic rings. The van der Waals surface area contributed by atoms with Crippen LogP contribution in [0.25, 0.3) is 0 Å². The lowest BCUT2D eigenvalue weighted by Crippen LogP contribution is -2.35. The third-order valence-corrected chi connectivity index (χ3v) is 8.00. The van der Waals surface area contributed by atoms with Gasteiger partial charge in [0.1, 0.15) is 17.5 Å². The predicted molar refractivity (Wildman–Crippen MR) is 140 cm³/mol. The molecule has 11 heteroatoms. The van der Waals surface area contributed by atoms with Gasteiger partial charge in [-0.1, -0.05) is 17.7 Å². The molecule has 0 aliphatic heterocycles. The Morgan fingerprint density at radius 3 is 2.35 bits per heavy atom. The zero-order valence-electron chi connectivity index (χ0n) is 19.7. The number of nitrogens with zero attached hydrogens (tertiary/aromatic N) is 3. The average molecular weight is 570 g/mol. The van der Waals surface area contributed by atoms with E-state index in [-0.39, 0.29) is 17.3 Å². The molecule has 0 radical (unpaired) electrons. The standard InChI is InChI=1S/C26H23ClF3N3O2S.ClH/c1-18(24-10-6-21(28)15-19(24)3-2-13-32-14-12-31-17-32)33(26-16-22(29)7-11-25(26)30)36(34,35)23-8-4-20(27)5-9-23;/h4-12,14-18H,2-3,13H2,1H3;1H/t18-;/m1./s1. The van der Waals surface area contributed by atoms with E-state index < -0.39 is 39.2 Å². The summed E-state index contributed by atoms with van der Waals surface area (Å²) in [4.78, 5) is 3.85. The smallest absolute Gasteiger partial charge is 0.264 e. The van der Waals surface area contributed by atoms with Gasteiger partial charge >= 0.3 is 0 Å². The van der Waals surface area contributed by atoms with Crippen LogP contribution in [0.15, 0.2) is 84.3 Å². The molecule has 196 valence electrons. The van der Waals surface area contributed by atoms with Crippen molar-refractivity contribution >= 4 is 39.7 Å². The quantitative estimate of drug-likeness (QED) is 0.219. The second-order valence-corrected chi connectivity index (χ2v) is 10.5. The first-order chi connectivity index (χ1) is 17.2. The van der Waals surface area contributed by atoms with E-state index in [9.17, 15) is 21.6 Å². The Bertz CT molecular complexity index is 1450. The van der Waals surface area contributed by atoms with Gasteiger partial charge in [-0.15, -0.1) is 12.4 Å². The number of rotatable bonds is 9. The van der Waals surface area contributed by atoms with Gasteiger partial charge in [-0.25, -0.2) is 26.6 Å². The van der Waals surface area contributed by atoms with Gasteiger partial charge in [0.25, 0.3) is 10.0 Å². The maximum absolute atomic E-state index is 15.0. The molecule has 0 fully saturated rings. The fourth-order valence-electron chi connectivity index (χ4n) is 4.12. The van der Waals surface area contributed by atoms with Gasteiger partial charge in [0.15, 0.2) is 0 Å². The summed E-state index contributed by atoms with van der Waals surface area (Å²) < 4.78 is 73.6. The van der Waals surface area contributed by atoms with Crippen molar-refractivity contribution in [2.75, 3.05) is 4.31 Å². The van der Waals surface area contributed by atoms with Crippen LogP contribution in [0.1, 0.15) is 30.5 Å². The highest BCUT2D eigenvalue weighted by Crippen LogP contribution is 2.37. The van der Waals surface area contributed by atoms with Gasteiger partial charge in [-0.2, -0.15) is 0 Å². The Morgan fingerprint density at radius 2 is 1.68 bits per heavy atom. The van der Waals surface area contributed by atoms with E-state index in [2.05, 4.69) is 4.98 Å². The molecule has 1 aromatic heterocycles. The Labute approximate surface area is 225 Å². The van der Waals surface area contributed by atoms with Crippen LogP contribution < -0.4 is 4.31 Å². The predicted octanol–water partition coefficient (Wildman–Crippen LogP) is 6.96. The van der Waals surface area contributed by atoms with Crippen molar-refractivity contribution in [2.24, 2.45) is 0 Å². The number of halogens is 5. The van der Waals surface area contributed by atoms with Crippen LogP contribution in [-0.4, -0.2) is 18.0 Å². The minimum atomic E-state index is -4.38. The van der Waals surface area contributed by atoms with E-state index in [1.807, 2.05) is 10.8 Å². The molecule has 0 aliphatic carbocycles. The number of benzene rings is 3. The summed E-state index contributed by atoms with van der Waals surface area (Å²) in [6, 6.07) is 11.1. The molecule has 3 aromatic carbocycles. The molecule has 4 rings (SSSR count). The largest absolute Gasteiger partial charge is 0.337 e. The summed E-state index contributed by atoms with van der Waals surface area (Å²) in [7, 11) is -4.38. The minimum absolute atomic E-state index is 0. The normalized spacial score (nSPS) is 12.1. The van der Waals surface area contributed by atoms with Gasteiger partial charge in [0.2, 0.25) is 0 Å². The third-order valence-electron chi connectivity index (χ3n) is 5.84. The number of anilines is 1. The summed E-state index contributed by atoms with van der Waals surface area (Å²) in [5, 5.41) is 0.323. The molecule has 1 atom stereocenters. The molecule has 37 heavy (non-hydrogen) atoms. The van der Waals surface area contributed by atoms with Crippen LogP contribution in [-0.2, 0) is 23.0 Å². The van der Waals surface area contributed by atoms with Gasteiger partial charge in [0.05, 0.1) is 23.0 Å². The van der Waals surface area contributed by atoms with E-state index in [4.69, 9.17) is 11.6 Å². The van der Waals surface area contributed by atoms with Crippen molar-refractivity contribution in [3.05, 3.63) is 113 Å². The molecule has 0 unspecified atom stereocenters. The monoisotopic (exact) mass is 569 g/mol. The van der Waals surface area contributed by atoms with E-state index in [0.29, 0.717) is 35.5 Å². The first-order valence-electron chi connectivity index (χ1n) is 11.2. The lowest BCUT2D eigenvalue weighted by Gasteiger charge is -2.32.